The maximum absolute atomic E-state index is 5.89. The molecule has 1 aromatic rings. The second-order valence-corrected chi connectivity index (χ2v) is 5.12. The van der Waals surface area contributed by atoms with E-state index in [1.165, 1.54) is 25.7 Å². The second kappa shape index (κ2) is 6.69. The number of aromatic nitrogens is 2. The van der Waals surface area contributed by atoms with Crippen molar-refractivity contribution < 1.29 is 4.74 Å². The summed E-state index contributed by atoms with van der Waals surface area (Å²) in [5.74, 6) is 1.69. The van der Waals surface area contributed by atoms with E-state index in [-0.39, 0.29) is 0 Å². The Morgan fingerprint density at radius 2 is 2.00 bits per heavy atom. The van der Waals surface area contributed by atoms with Gasteiger partial charge in [-0.2, -0.15) is 0 Å². The number of ether oxygens (including phenoxy) is 1. The van der Waals surface area contributed by atoms with Gasteiger partial charge in [0.1, 0.15) is 5.82 Å². The first-order chi connectivity index (χ1) is 8.78. The van der Waals surface area contributed by atoms with Crippen LogP contribution < -0.4 is 5.32 Å². The van der Waals surface area contributed by atoms with Crippen molar-refractivity contribution in [2.75, 3.05) is 11.9 Å². The molecule has 1 heterocycles. The highest BCUT2D eigenvalue weighted by Crippen LogP contribution is 2.25. The maximum atomic E-state index is 5.89. The van der Waals surface area contributed by atoms with Gasteiger partial charge < -0.3 is 10.1 Å². The Labute approximate surface area is 109 Å². The van der Waals surface area contributed by atoms with Gasteiger partial charge in [-0.1, -0.05) is 6.92 Å². The summed E-state index contributed by atoms with van der Waals surface area (Å²) in [6, 6.07) is 0. The SMILES string of the molecule is CCNc1cnc(COC2CCC(C)CC2)cn1. The largest absolute Gasteiger partial charge is 0.372 e. The normalized spacial score (nSPS) is 23.9. The Morgan fingerprint density at radius 3 is 2.61 bits per heavy atom. The number of nitrogens with one attached hydrogen (secondary N) is 1. The van der Waals surface area contributed by atoms with E-state index < -0.39 is 0 Å². The van der Waals surface area contributed by atoms with E-state index in [0.29, 0.717) is 12.7 Å². The summed E-state index contributed by atoms with van der Waals surface area (Å²) in [5.41, 5.74) is 0.912. The van der Waals surface area contributed by atoms with Crippen LogP contribution in [0.1, 0.15) is 45.2 Å². The van der Waals surface area contributed by atoms with Crippen LogP contribution in [0.15, 0.2) is 12.4 Å². The molecule has 18 heavy (non-hydrogen) atoms. The molecule has 0 radical (unpaired) electrons. The van der Waals surface area contributed by atoms with Crippen LogP contribution in [-0.2, 0) is 11.3 Å². The molecule has 1 aromatic heterocycles. The molecule has 0 amide bonds. The molecule has 1 N–H and O–H groups in total. The fraction of sp³-hybridized carbons (Fsp3) is 0.714. The van der Waals surface area contributed by atoms with E-state index >= 15 is 0 Å². The zero-order valence-corrected chi connectivity index (χ0v) is 11.4. The van der Waals surface area contributed by atoms with Crippen molar-refractivity contribution in [1.82, 2.24) is 9.97 Å². The molecule has 0 aliphatic heterocycles. The van der Waals surface area contributed by atoms with E-state index in [1.807, 2.05) is 6.92 Å². The molecule has 0 spiro atoms. The molecule has 1 aliphatic carbocycles. The lowest BCUT2D eigenvalue weighted by Gasteiger charge is -2.26. The number of anilines is 1. The standard InChI is InChI=1S/C14H23N3O/c1-3-15-14-9-16-12(8-17-14)10-18-13-6-4-11(2)5-7-13/h8-9,11,13H,3-7,10H2,1-2H3,(H,15,17). The van der Waals surface area contributed by atoms with Gasteiger partial charge in [0, 0.05) is 6.54 Å². The van der Waals surface area contributed by atoms with Crippen molar-refractivity contribution in [3.8, 4) is 0 Å². The van der Waals surface area contributed by atoms with Gasteiger partial charge in [0.05, 0.1) is 30.8 Å². The Kier molecular flexibility index (Phi) is 4.93. The van der Waals surface area contributed by atoms with Gasteiger partial charge >= 0.3 is 0 Å². The summed E-state index contributed by atoms with van der Waals surface area (Å²) in [7, 11) is 0. The van der Waals surface area contributed by atoms with Crippen LogP contribution >= 0.6 is 0 Å². The molecule has 1 aliphatic rings. The van der Waals surface area contributed by atoms with E-state index in [1.54, 1.807) is 12.4 Å². The van der Waals surface area contributed by atoms with Gasteiger partial charge in [0.2, 0.25) is 0 Å². The van der Waals surface area contributed by atoms with E-state index in [4.69, 9.17) is 4.74 Å². The van der Waals surface area contributed by atoms with Crippen molar-refractivity contribution in [1.29, 1.82) is 0 Å². The van der Waals surface area contributed by atoms with E-state index in [2.05, 4.69) is 22.2 Å². The number of rotatable bonds is 5. The fourth-order valence-electron chi connectivity index (χ4n) is 2.30. The third kappa shape index (κ3) is 3.95. The fourth-order valence-corrected chi connectivity index (χ4v) is 2.30. The lowest BCUT2D eigenvalue weighted by Crippen LogP contribution is -2.20. The minimum Gasteiger partial charge on any atom is -0.372 e. The van der Waals surface area contributed by atoms with Crippen molar-refractivity contribution >= 4 is 5.82 Å². The molecular formula is C14H23N3O. The van der Waals surface area contributed by atoms with Crippen LogP contribution in [-0.4, -0.2) is 22.6 Å². The molecule has 0 bridgehead atoms. The summed E-state index contributed by atoms with van der Waals surface area (Å²) in [5, 5.41) is 3.13. The molecule has 1 fully saturated rings. The topological polar surface area (TPSA) is 47.0 Å². The second-order valence-electron chi connectivity index (χ2n) is 5.12. The lowest BCUT2D eigenvalue weighted by atomic mass is 9.89. The number of hydrogen-bond donors (Lipinski definition) is 1. The van der Waals surface area contributed by atoms with Gasteiger partial charge in [-0.25, -0.2) is 4.98 Å². The van der Waals surface area contributed by atoms with Crippen molar-refractivity contribution in [2.45, 2.75) is 52.2 Å². The molecule has 0 aromatic carbocycles. The van der Waals surface area contributed by atoms with Crippen LogP contribution in [0.3, 0.4) is 0 Å². The van der Waals surface area contributed by atoms with E-state index in [0.717, 1.165) is 24.0 Å². The molecule has 100 valence electrons. The molecule has 0 unspecified atom stereocenters. The Balaban J connectivity index is 1.76. The highest BCUT2D eigenvalue weighted by molar-refractivity contribution is 5.30. The monoisotopic (exact) mass is 249 g/mol. The van der Waals surface area contributed by atoms with Crippen LogP contribution in [0.2, 0.25) is 0 Å². The molecular weight excluding hydrogens is 226 g/mol. The van der Waals surface area contributed by atoms with Crippen molar-refractivity contribution in [3.05, 3.63) is 18.1 Å². The van der Waals surface area contributed by atoms with Gasteiger partial charge in [0.15, 0.2) is 0 Å². The molecule has 1 saturated carbocycles. The predicted molar refractivity (Wildman–Crippen MR) is 72.4 cm³/mol. The van der Waals surface area contributed by atoms with Crippen molar-refractivity contribution in [2.24, 2.45) is 5.92 Å². The van der Waals surface area contributed by atoms with Crippen molar-refractivity contribution in [3.63, 3.8) is 0 Å². The smallest absolute Gasteiger partial charge is 0.144 e. The Bertz CT molecular complexity index is 345. The first kappa shape index (κ1) is 13.3. The van der Waals surface area contributed by atoms with Crippen LogP contribution in [0, 0.1) is 5.92 Å². The third-order valence-corrected chi connectivity index (χ3v) is 3.49. The van der Waals surface area contributed by atoms with Gasteiger partial charge in [-0.15, -0.1) is 0 Å². The summed E-state index contributed by atoms with van der Waals surface area (Å²) in [6.07, 6.45) is 8.92. The minimum absolute atomic E-state index is 0.413. The maximum Gasteiger partial charge on any atom is 0.144 e. The number of nitrogens with zero attached hydrogens (tertiary/aromatic N) is 2. The highest BCUT2D eigenvalue weighted by Gasteiger charge is 2.18. The molecule has 2 rings (SSSR count). The van der Waals surface area contributed by atoms with E-state index in [9.17, 15) is 0 Å². The van der Waals surface area contributed by atoms with Gasteiger partial charge in [-0.3, -0.25) is 4.98 Å². The summed E-state index contributed by atoms with van der Waals surface area (Å²) in [4.78, 5) is 8.64. The zero-order chi connectivity index (χ0) is 12.8. The van der Waals surface area contributed by atoms with Gasteiger partial charge in [-0.05, 0) is 38.5 Å². The average Bonchev–Trinajstić information content (AvgIpc) is 2.40. The average molecular weight is 249 g/mol. The van der Waals surface area contributed by atoms with Gasteiger partial charge in [0.25, 0.3) is 0 Å². The third-order valence-electron chi connectivity index (χ3n) is 3.49. The molecule has 4 nitrogen and oxygen atoms in total. The first-order valence-electron chi connectivity index (χ1n) is 6.94. The summed E-state index contributed by atoms with van der Waals surface area (Å²) in [6.45, 7) is 5.81. The summed E-state index contributed by atoms with van der Waals surface area (Å²) >= 11 is 0. The van der Waals surface area contributed by atoms with Crippen LogP contribution in [0.4, 0.5) is 5.82 Å². The minimum atomic E-state index is 0.413. The lowest BCUT2D eigenvalue weighted by molar-refractivity contribution is 0.00716. The Hall–Kier alpha value is -1.16. The first-order valence-corrected chi connectivity index (χ1v) is 6.94. The van der Waals surface area contributed by atoms with Crippen LogP contribution in [0.25, 0.3) is 0 Å². The highest BCUT2D eigenvalue weighted by atomic mass is 16.5. The predicted octanol–water partition coefficient (Wildman–Crippen LogP) is 3.00. The molecule has 0 atom stereocenters. The number of hydrogen-bond acceptors (Lipinski definition) is 4. The molecule has 4 heteroatoms. The summed E-state index contributed by atoms with van der Waals surface area (Å²) < 4.78 is 5.89. The molecule has 0 saturated heterocycles. The quantitative estimate of drug-likeness (QED) is 0.871. The Morgan fingerprint density at radius 1 is 1.22 bits per heavy atom. The van der Waals surface area contributed by atoms with Crippen LogP contribution in [0.5, 0.6) is 0 Å². The zero-order valence-electron chi connectivity index (χ0n) is 11.4.